The van der Waals surface area contributed by atoms with Gasteiger partial charge in [0.2, 0.25) is 0 Å². The van der Waals surface area contributed by atoms with E-state index in [2.05, 4.69) is 25.9 Å². The molecular formula is C15H26GeN2O6. The van der Waals surface area contributed by atoms with Crippen LogP contribution in [0.1, 0.15) is 20.8 Å². The van der Waals surface area contributed by atoms with Crippen LogP contribution in [0.5, 0.6) is 0 Å². The zero-order chi connectivity index (χ0) is 18.5. The van der Waals surface area contributed by atoms with Crippen molar-refractivity contribution in [2.45, 2.75) is 42.6 Å². The van der Waals surface area contributed by atoms with Crippen LogP contribution in [0.15, 0.2) is 5.10 Å². The first-order valence-corrected chi connectivity index (χ1v) is 13.4. The molecule has 0 fully saturated rings. The molecule has 0 aromatic carbocycles. The SMILES string of the molecule is C[CH2][Ge]([CH2]C)([CH2]C)[N]1N=C(C(=O)OC)[C@@H](C(=O)OC)[C@H]1C(=O)OC. The molecule has 0 saturated heterocycles. The van der Waals surface area contributed by atoms with Gasteiger partial charge in [0.25, 0.3) is 0 Å². The number of hydrogen-bond acceptors (Lipinski definition) is 8. The van der Waals surface area contributed by atoms with Gasteiger partial charge >= 0.3 is 145 Å². The summed E-state index contributed by atoms with van der Waals surface area (Å²) in [5, 5.41) is 7.00. The van der Waals surface area contributed by atoms with Crippen LogP contribution >= 0.6 is 0 Å². The molecule has 0 spiro atoms. The minimum atomic E-state index is -2.80. The van der Waals surface area contributed by atoms with E-state index in [4.69, 9.17) is 14.2 Å². The third kappa shape index (κ3) is 3.43. The fourth-order valence-electron chi connectivity index (χ4n) is 3.16. The van der Waals surface area contributed by atoms with E-state index in [9.17, 15) is 14.4 Å². The van der Waals surface area contributed by atoms with Gasteiger partial charge in [-0.05, 0) is 0 Å². The summed E-state index contributed by atoms with van der Waals surface area (Å²) in [6, 6.07) is -0.976. The fourth-order valence-corrected chi connectivity index (χ4v) is 10.8. The van der Waals surface area contributed by atoms with Gasteiger partial charge in [-0.1, -0.05) is 0 Å². The Morgan fingerprint density at radius 3 is 1.83 bits per heavy atom. The maximum absolute atomic E-state index is 12.4. The number of hydrazone groups is 1. The number of rotatable bonds is 7. The second kappa shape index (κ2) is 8.50. The van der Waals surface area contributed by atoms with Crippen LogP contribution < -0.4 is 0 Å². The molecule has 0 radical (unpaired) electrons. The summed E-state index contributed by atoms with van der Waals surface area (Å²) >= 11 is -2.80. The van der Waals surface area contributed by atoms with Gasteiger partial charge in [0.15, 0.2) is 0 Å². The fraction of sp³-hybridized carbons (Fsp3) is 0.733. The molecular weight excluding hydrogens is 377 g/mol. The van der Waals surface area contributed by atoms with Crippen LogP contribution in [-0.4, -0.2) is 68.4 Å². The molecule has 24 heavy (non-hydrogen) atoms. The third-order valence-corrected chi connectivity index (χ3v) is 16.0. The first-order valence-electron chi connectivity index (χ1n) is 7.99. The van der Waals surface area contributed by atoms with Gasteiger partial charge in [0.1, 0.15) is 0 Å². The van der Waals surface area contributed by atoms with E-state index in [1.54, 1.807) is 3.97 Å². The molecule has 1 heterocycles. The summed E-state index contributed by atoms with van der Waals surface area (Å²) in [5.74, 6) is -3.17. The van der Waals surface area contributed by atoms with Crippen LogP contribution in [0, 0.1) is 5.92 Å². The quantitative estimate of drug-likeness (QED) is 0.358. The van der Waals surface area contributed by atoms with Crippen molar-refractivity contribution in [3.8, 4) is 0 Å². The Morgan fingerprint density at radius 2 is 1.46 bits per heavy atom. The van der Waals surface area contributed by atoms with Crippen molar-refractivity contribution < 1.29 is 28.6 Å². The molecule has 0 aromatic rings. The van der Waals surface area contributed by atoms with Gasteiger partial charge in [-0.25, -0.2) is 0 Å². The van der Waals surface area contributed by atoms with Gasteiger partial charge in [0.05, 0.1) is 0 Å². The molecule has 0 saturated carbocycles. The molecule has 0 aliphatic carbocycles. The number of ether oxygens (including phenoxy) is 3. The Balaban J connectivity index is 3.53. The normalized spacial score (nSPS) is 20.4. The van der Waals surface area contributed by atoms with Gasteiger partial charge < -0.3 is 0 Å². The molecule has 1 aliphatic rings. The molecule has 0 amide bonds. The summed E-state index contributed by atoms with van der Waals surface area (Å²) in [6.45, 7) is 6.17. The average molecular weight is 403 g/mol. The van der Waals surface area contributed by atoms with E-state index in [0.29, 0.717) is 0 Å². The van der Waals surface area contributed by atoms with E-state index < -0.39 is 43.4 Å². The van der Waals surface area contributed by atoms with Crippen molar-refractivity contribution in [3.63, 3.8) is 0 Å². The number of nitrogens with zero attached hydrogens (tertiary/aromatic N) is 2. The van der Waals surface area contributed by atoms with Crippen molar-refractivity contribution in [2.75, 3.05) is 21.3 Å². The number of methoxy groups -OCH3 is 3. The Kier molecular flexibility index (Phi) is 7.25. The van der Waals surface area contributed by atoms with Crippen molar-refractivity contribution in [1.29, 1.82) is 0 Å². The van der Waals surface area contributed by atoms with Crippen molar-refractivity contribution in [1.82, 2.24) is 3.97 Å². The van der Waals surface area contributed by atoms with Gasteiger partial charge in [-0.3, -0.25) is 0 Å². The summed E-state index contributed by atoms with van der Waals surface area (Å²) in [4.78, 5) is 36.8. The van der Waals surface area contributed by atoms with E-state index in [1.165, 1.54) is 21.3 Å². The third-order valence-electron chi connectivity index (χ3n) is 4.84. The van der Waals surface area contributed by atoms with Crippen LogP contribution in [0.4, 0.5) is 0 Å². The first kappa shape index (κ1) is 20.5. The maximum atomic E-state index is 12.4. The predicted molar refractivity (Wildman–Crippen MR) is 89.8 cm³/mol. The zero-order valence-corrected chi connectivity index (χ0v) is 17.2. The van der Waals surface area contributed by atoms with Crippen LogP contribution in [0.25, 0.3) is 0 Å². The Bertz CT molecular complexity index is 524. The van der Waals surface area contributed by atoms with Crippen molar-refractivity contribution >= 4 is 37.1 Å². The zero-order valence-electron chi connectivity index (χ0n) is 15.1. The summed E-state index contributed by atoms with van der Waals surface area (Å²) < 4.78 is 16.2. The van der Waals surface area contributed by atoms with E-state index >= 15 is 0 Å². The molecule has 0 unspecified atom stereocenters. The molecule has 136 valence electrons. The van der Waals surface area contributed by atoms with E-state index in [-0.39, 0.29) is 5.71 Å². The molecule has 8 nitrogen and oxygen atoms in total. The predicted octanol–water partition coefficient (Wildman–Crippen LogP) is 1.17. The van der Waals surface area contributed by atoms with Gasteiger partial charge in [0, 0.05) is 0 Å². The molecule has 1 rings (SSSR count). The number of carbonyl (C=O) groups is 3. The second-order valence-corrected chi connectivity index (χ2v) is 16.1. The van der Waals surface area contributed by atoms with Crippen LogP contribution in [0.3, 0.4) is 0 Å². The molecule has 0 bridgehead atoms. The molecule has 9 heteroatoms. The first-order chi connectivity index (χ1) is 11.4. The Labute approximate surface area is 145 Å². The number of esters is 3. The molecule has 0 N–H and O–H groups in total. The Morgan fingerprint density at radius 1 is 0.958 bits per heavy atom. The Hall–Kier alpha value is -1.58. The minimum absolute atomic E-state index is 0.0925. The van der Waals surface area contributed by atoms with Crippen LogP contribution in [0.2, 0.25) is 15.8 Å². The average Bonchev–Trinajstić information content (AvgIpc) is 3.02. The standard InChI is InChI=1S/C15H26GeN2O6/c1-7-16(8-2,9-3)18-12(15(21)24-6)10(13(19)22-4)11(17-18)14(20)23-5/h10,12H,7-9H2,1-6H3/t10-,12+/m1/s1. The van der Waals surface area contributed by atoms with E-state index in [1.807, 2.05) is 0 Å². The van der Waals surface area contributed by atoms with Crippen LogP contribution in [-0.2, 0) is 28.6 Å². The molecule has 1 aliphatic heterocycles. The van der Waals surface area contributed by atoms with E-state index in [0.717, 1.165) is 15.8 Å². The summed E-state index contributed by atoms with van der Waals surface area (Å²) in [5.41, 5.74) is -0.0925. The summed E-state index contributed by atoms with van der Waals surface area (Å²) in [6.07, 6.45) is 0. The number of hydrogen-bond donors (Lipinski definition) is 0. The monoisotopic (exact) mass is 404 g/mol. The molecule has 2 atom stereocenters. The second-order valence-electron chi connectivity index (χ2n) is 5.58. The van der Waals surface area contributed by atoms with Gasteiger partial charge in [-0.2, -0.15) is 0 Å². The molecule has 0 aromatic heterocycles. The number of carbonyl (C=O) groups excluding carboxylic acids is 3. The van der Waals surface area contributed by atoms with Crippen molar-refractivity contribution in [3.05, 3.63) is 0 Å². The summed E-state index contributed by atoms with van der Waals surface area (Å²) in [7, 11) is 3.68. The van der Waals surface area contributed by atoms with Crippen molar-refractivity contribution in [2.24, 2.45) is 11.0 Å². The van der Waals surface area contributed by atoms with Gasteiger partial charge in [-0.15, -0.1) is 0 Å². The topological polar surface area (TPSA) is 94.5 Å².